The molecule has 2 rings (SSSR count). The smallest absolute Gasteiger partial charge is 0.170 e. The van der Waals surface area contributed by atoms with Gasteiger partial charge in [-0.05, 0) is 29.7 Å². The molecular formula is C9H7NO2S. The first-order chi connectivity index (χ1) is 6.35. The molecule has 0 amide bonds. The van der Waals surface area contributed by atoms with Crippen molar-refractivity contribution in [3.05, 3.63) is 23.9 Å². The van der Waals surface area contributed by atoms with Gasteiger partial charge in [-0.1, -0.05) is 0 Å². The lowest BCUT2D eigenvalue weighted by Crippen LogP contribution is -1.81. The zero-order chi connectivity index (χ0) is 9.26. The third-order valence-electron chi connectivity index (χ3n) is 1.82. The van der Waals surface area contributed by atoms with Crippen molar-refractivity contribution in [2.24, 2.45) is 0 Å². The molecule has 1 aromatic carbocycles. The molecule has 0 aliphatic carbocycles. The Bertz CT molecular complexity index is 450. The van der Waals surface area contributed by atoms with E-state index in [1.165, 1.54) is 11.5 Å². The summed E-state index contributed by atoms with van der Waals surface area (Å²) < 4.78 is 10.0. The number of benzene rings is 1. The van der Waals surface area contributed by atoms with Crippen LogP contribution in [-0.2, 0) is 0 Å². The van der Waals surface area contributed by atoms with Gasteiger partial charge in [0.05, 0.1) is 11.8 Å². The maximum atomic E-state index is 10.5. The second-order valence-corrected chi connectivity index (χ2v) is 3.35. The van der Waals surface area contributed by atoms with Crippen molar-refractivity contribution in [2.45, 2.75) is 0 Å². The molecule has 0 saturated carbocycles. The summed E-state index contributed by atoms with van der Waals surface area (Å²) in [5.74, 6) is 0.786. The van der Waals surface area contributed by atoms with Crippen LogP contribution in [-0.4, -0.2) is 17.8 Å². The van der Waals surface area contributed by atoms with Gasteiger partial charge in [0.25, 0.3) is 0 Å². The lowest BCUT2D eigenvalue weighted by atomic mass is 10.2. The zero-order valence-electron chi connectivity index (χ0n) is 6.98. The molecule has 0 radical (unpaired) electrons. The molecule has 1 aromatic heterocycles. The van der Waals surface area contributed by atoms with Crippen LogP contribution < -0.4 is 4.74 Å². The number of aldehydes is 1. The van der Waals surface area contributed by atoms with E-state index >= 15 is 0 Å². The second kappa shape index (κ2) is 3.14. The summed E-state index contributed by atoms with van der Waals surface area (Å²) in [4.78, 5) is 10.5. The van der Waals surface area contributed by atoms with Crippen molar-refractivity contribution in [1.29, 1.82) is 0 Å². The van der Waals surface area contributed by atoms with Gasteiger partial charge in [-0.2, -0.15) is 4.37 Å². The minimum Gasteiger partial charge on any atom is -0.497 e. The Morgan fingerprint density at radius 1 is 1.54 bits per heavy atom. The highest BCUT2D eigenvalue weighted by molar-refractivity contribution is 7.13. The molecule has 0 bridgehead atoms. The summed E-state index contributed by atoms with van der Waals surface area (Å²) >= 11 is 1.31. The number of ether oxygens (including phenoxy) is 1. The van der Waals surface area contributed by atoms with E-state index in [4.69, 9.17) is 4.74 Å². The van der Waals surface area contributed by atoms with Gasteiger partial charge in [-0.25, -0.2) is 0 Å². The highest BCUT2D eigenvalue weighted by Gasteiger charge is 2.05. The minimum absolute atomic E-state index is 0.502. The van der Waals surface area contributed by atoms with Gasteiger partial charge in [-0.3, -0.25) is 4.79 Å². The van der Waals surface area contributed by atoms with Crippen molar-refractivity contribution in [3.8, 4) is 5.75 Å². The van der Waals surface area contributed by atoms with Gasteiger partial charge < -0.3 is 4.74 Å². The number of hydrogen-bond acceptors (Lipinski definition) is 4. The number of fused-ring (bicyclic) bond motifs is 1. The molecule has 0 fully saturated rings. The topological polar surface area (TPSA) is 39.2 Å². The molecule has 0 spiro atoms. The van der Waals surface area contributed by atoms with Crippen molar-refractivity contribution >= 4 is 27.9 Å². The van der Waals surface area contributed by atoms with Crippen LogP contribution in [0.4, 0.5) is 0 Å². The van der Waals surface area contributed by atoms with Crippen LogP contribution in [0.25, 0.3) is 10.1 Å². The second-order valence-electron chi connectivity index (χ2n) is 2.55. The summed E-state index contributed by atoms with van der Waals surface area (Å²) in [5.41, 5.74) is 0.502. The number of carbonyl (C=O) groups is 1. The lowest BCUT2D eigenvalue weighted by Gasteiger charge is -1.97. The van der Waals surface area contributed by atoms with Crippen LogP contribution in [0.15, 0.2) is 18.2 Å². The van der Waals surface area contributed by atoms with E-state index in [-0.39, 0.29) is 0 Å². The quantitative estimate of drug-likeness (QED) is 0.686. The SMILES string of the molecule is COc1ccc2c(C=O)nsc2c1. The Labute approximate surface area is 79.1 Å². The standard InChI is InChI=1S/C9H7NO2S/c1-12-6-2-3-7-8(5-11)10-13-9(7)4-6/h2-5H,1H3. The van der Waals surface area contributed by atoms with E-state index in [1.54, 1.807) is 7.11 Å². The molecule has 66 valence electrons. The van der Waals surface area contributed by atoms with Crippen LogP contribution in [0.1, 0.15) is 10.5 Å². The number of methoxy groups -OCH3 is 1. The highest BCUT2D eigenvalue weighted by Crippen LogP contribution is 2.25. The Kier molecular flexibility index (Phi) is 1.98. The molecule has 3 nitrogen and oxygen atoms in total. The summed E-state index contributed by atoms with van der Waals surface area (Å²) in [6.07, 6.45) is 0.769. The normalized spacial score (nSPS) is 10.2. The van der Waals surface area contributed by atoms with Gasteiger partial charge in [0.1, 0.15) is 11.4 Å². The van der Waals surface area contributed by atoms with Gasteiger partial charge in [0.2, 0.25) is 0 Å². The molecular weight excluding hydrogens is 186 g/mol. The number of nitrogens with zero attached hydrogens (tertiary/aromatic N) is 1. The zero-order valence-corrected chi connectivity index (χ0v) is 7.80. The molecule has 0 aliphatic heterocycles. The Morgan fingerprint density at radius 2 is 2.38 bits per heavy atom. The fraction of sp³-hybridized carbons (Fsp3) is 0.111. The van der Waals surface area contributed by atoms with E-state index in [2.05, 4.69) is 4.37 Å². The molecule has 13 heavy (non-hydrogen) atoms. The van der Waals surface area contributed by atoms with Crippen molar-refractivity contribution in [1.82, 2.24) is 4.37 Å². The predicted octanol–water partition coefficient (Wildman–Crippen LogP) is 2.12. The lowest BCUT2D eigenvalue weighted by molar-refractivity contribution is 0.112. The monoisotopic (exact) mass is 193 g/mol. The summed E-state index contributed by atoms with van der Waals surface area (Å²) in [6, 6.07) is 5.55. The van der Waals surface area contributed by atoms with E-state index in [0.717, 1.165) is 22.1 Å². The average molecular weight is 193 g/mol. The Hall–Kier alpha value is -1.42. The van der Waals surface area contributed by atoms with Gasteiger partial charge >= 0.3 is 0 Å². The van der Waals surface area contributed by atoms with E-state index in [0.29, 0.717) is 5.69 Å². The first kappa shape index (κ1) is 8.19. The number of hydrogen-bond donors (Lipinski definition) is 0. The van der Waals surface area contributed by atoms with Gasteiger partial charge in [0, 0.05) is 5.39 Å². The fourth-order valence-corrected chi connectivity index (χ4v) is 1.93. The molecule has 4 heteroatoms. The Morgan fingerprint density at radius 3 is 3.08 bits per heavy atom. The molecule has 0 aliphatic rings. The summed E-state index contributed by atoms with van der Waals surface area (Å²) in [7, 11) is 1.61. The highest BCUT2D eigenvalue weighted by atomic mass is 32.1. The van der Waals surface area contributed by atoms with Crippen LogP contribution in [0.5, 0.6) is 5.75 Å². The van der Waals surface area contributed by atoms with E-state index in [9.17, 15) is 4.79 Å². The van der Waals surface area contributed by atoms with E-state index < -0.39 is 0 Å². The number of aromatic nitrogens is 1. The molecule has 0 atom stereocenters. The van der Waals surface area contributed by atoms with Gasteiger partial charge in [-0.15, -0.1) is 0 Å². The first-order valence-electron chi connectivity index (χ1n) is 3.74. The molecule has 2 aromatic rings. The molecule has 1 heterocycles. The van der Waals surface area contributed by atoms with Crippen molar-refractivity contribution in [3.63, 3.8) is 0 Å². The van der Waals surface area contributed by atoms with Crippen LogP contribution in [0.2, 0.25) is 0 Å². The maximum Gasteiger partial charge on any atom is 0.170 e. The number of carbonyl (C=O) groups excluding carboxylic acids is 1. The van der Waals surface area contributed by atoms with Crippen LogP contribution in [0, 0.1) is 0 Å². The first-order valence-corrected chi connectivity index (χ1v) is 4.51. The third kappa shape index (κ3) is 1.29. The molecule has 0 unspecified atom stereocenters. The summed E-state index contributed by atoms with van der Waals surface area (Å²) in [5, 5.41) is 0.890. The van der Waals surface area contributed by atoms with E-state index in [1.807, 2.05) is 18.2 Å². The third-order valence-corrected chi connectivity index (χ3v) is 2.64. The predicted molar refractivity (Wildman–Crippen MR) is 51.6 cm³/mol. The van der Waals surface area contributed by atoms with Crippen LogP contribution in [0.3, 0.4) is 0 Å². The van der Waals surface area contributed by atoms with Crippen molar-refractivity contribution in [2.75, 3.05) is 7.11 Å². The van der Waals surface area contributed by atoms with Crippen molar-refractivity contribution < 1.29 is 9.53 Å². The Balaban J connectivity index is 2.67. The minimum atomic E-state index is 0.502. The molecule has 0 N–H and O–H groups in total. The van der Waals surface area contributed by atoms with Gasteiger partial charge in [0.15, 0.2) is 6.29 Å². The largest absolute Gasteiger partial charge is 0.497 e. The maximum absolute atomic E-state index is 10.5. The average Bonchev–Trinajstić information content (AvgIpc) is 2.59. The fourth-order valence-electron chi connectivity index (χ4n) is 1.15. The molecule has 0 saturated heterocycles. The van der Waals surface area contributed by atoms with Crippen LogP contribution >= 0.6 is 11.5 Å². The summed E-state index contributed by atoms with van der Waals surface area (Å²) in [6.45, 7) is 0. The number of rotatable bonds is 2.